The van der Waals surface area contributed by atoms with Gasteiger partial charge in [-0.2, -0.15) is 13.2 Å². The van der Waals surface area contributed by atoms with Gasteiger partial charge in [0.2, 0.25) is 0 Å². The second kappa shape index (κ2) is 6.09. The van der Waals surface area contributed by atoms with E-state index >= 15 is 0 Å². The van der Waals surface area contributed by atoms with Gasteiger partial charge in [-0.15, -0.1) is 0 Å². The zero-order valence-corrected chi connectivity index (χ0v) is 11.6. The quantitative estimate of drug-likeness (QED) is 0.878. The molecule has 1 unspecified atom stereocenters. The number of carbonyl (C=O) groups is 1. The van der Waals surface area contributed by atoms with E-state index in [0.29, 0.717) is 11.5 Å². The van der Waals surface area contributed by atoms with Crippen molar-refractivity contribution in [3.05, 3.63) is 59.7 Å². The Labute approximate surface area is 125 Å². The zero-order chi connectivity index (χ0) is 16.3. The number of carboxylic acids is 1. The van der Waals surface area contributed by atoms with Crippen LogP contribution in [0.2, 0.25) is 0 Å². The van der Waals surface area contributed by atoms with Crippen molar-refractivity contribution >= 4 is 5.97 Å². The van der Waals surface area contributed by atoms with Crippen LogP contribution in [0.15, 0.2) is 48.5 Å². The minimum absolute atomic E-state index is 0.127. The van der Waals surface area contributed by atoms with E-state index in [1.807, 2.05) is 0 Å². The van der Waals surface area contributed by atoms with Crippen LogP contribution in [-0.4, -0.2) is 17.3 Å². The molecule has 0 aliphatic rings. The number of ether oxygens (including phenoxy) is 1. The van der Waals surface area contributed by atoms with Gasteiger partial charge in [-0.25, -0.2) is 4.79 Å². The van der Waals surface area contributed by atoms with Crippen LogP contribution in [0.25, 0.3) is 0 Å². The Morgan fingerprint density at radius 2 is 1.45 bits per heavy atom. The van der Waals surface area contributed by atoms with Gasteiger partial charge in [-0.1, -0.05) is 12.1 Å². The standard InChI is InChI=1S/C16H13F3O3/c1-10(16(17,18)19)11-2-6-13(7-3-11)22-14-8-4-12(5-9-14)15(20)21/h2-10H,1H3,(H,20,21). The summed E-state index contributed by atoms with van der Waals surface area (Å²) >= 11 is 0. The van der Waals surface area contributed by atoms with Crippen molar-refractivity contribution in [2.45, 2.75) is 19.0 Å². The maximum absolute atomic E-state index is 12.6. The molecular weight excluding hydrogens is 297 g/mol. The van der Waals surface area contributed by atoms with E-state index < -0.39 is 18.1 Å². The van der Waals surface area contributed by atoms with Gasteiger partial charge in [0.15, 0.2) is 0 Å². The molecular formula is C16H13F3O3. The monoisotopic (exact) mass is 310 g/mol. The highest BCUT2D eigenvalue weighted by molar-refractivity contribution is 5.87. The molecule has 0 amide bonds. The summed E-state index contributed by atoms with van der Waals surface area (Å²) in [5.41, 5.74) is 0.280. The predicted octanol–water partition coefficient (Wildman–Crippen LogP) is 4.84. The fraction of sp³-hybridized carbons (Fsp3) is 0.188. The van der Waals surface area contributed by atoms with E-state index in [2.05, 4.69) is 0 Å². The zero-order valence-electron chi connectivity index (χ0n) is 11.6. The summed E-state index contributed by atoms with van der Waals surface area (Å²) in [6, 6.07) is 11.4. The summed E-state index contributed by atoms with van der Waals surface area (Å²) in [7, 11) is 0. The number of benzene rings is 2. The van der Waals surface area contributed by atoms with E-state index in [-0.39, 0.29) is 11.1 Å². The number of hydrogen-bond donors (Lipinski definition) is 1. The Morgan fingerprint density at radius 3 is 1.86 bits per heavy atom. The molecule has 3 nitrogen and oxygen atoms in total. The smallest absolute Gasteiger partial charge is 0.395 e. The SMILES string of the molecule is CC(c1ccc(Oc2ccc(C(=O)O)cc2)cc1)C(F)(F)F. The topological polar surface area (TPSA) is 46.5 Å². The number of rotatable bonds is 4. The largest absolute Gasteiger partial charge is 0.478 e. The van der Waals surface area contributed by atoms with E-state index in [1.165, 1.54) is 48.5 Å². The molecule has 0 saturated carbocycles. The summed E-state index contributed by atoms with van der Waals surface area (Å²) in [6.45, 7) is 1.10. The Hall–Kier alpha value is -2.50. The molecule has 2 aromatic rings. The second-order valence-electron chi connectivity index (χ2n) is 4.76. The summed E-state index contributed by atoms with van der Waals surface area (Å²) < 4.78 is 43.3. The number of halogens is 3. The highest BCUT2D eigenvalue weighted by atomic mass is 19.4. The van der Waals surface area contributed by atoms with Gasteiger partial charge < -0.3 is 9.84 Å². The average molecular weight is 310 g/mol. The van der Waals surface area contributed by atoms with Crippen molar-refractivity contribution < 1.29 is 27.8 Å². The minimum Gasteiger partial charge on any atom is -0.478 e. The normalized spacial score (nSPS) is 12.7. The molecule has 0 saturated heterocycles. The number of alkyl halides is 3. The van der Waals surface area contributed by atoms with Gasteiger partial charge in [-0.05, 0) is 48.9 Å². The first kappa shape index (κ1) is 15.9. The molecule has 1 N–H and O–H groups in total. The van der Waals surface area contributed by atoms with Gasteiger partial charge in [0, 0.05) is 0 Å². The summed E-state index contributed by atoms with van der Waals surface area (Å²) in [4.78, 5) is 10.7. The van der Waals surface area contributed by atoms with Gasteiger partial charge in [0.1, 0.15) is 11.5 Å². The predicted molar refractivity (Wildman–Crippen MR) is 74.4 cm³/mol. The van der Waals surface area contributed by atoms with Crippen molar-refractivity contribution in [2.75, 3.05) is 0 Å². The lowest BCUT2D eigenvalue weighted by atomic mass is 10.0. The number of aromatic carboxylic acids is 1. The Balaban J connectivity index is 2.09. The fourth-order valence-corrected chi connectivity index (χ4v) is 1.82. The van der Waals surface area contributed by atoms with Gasteiger partial charge >= 0.3 is 12.1 Å². The highest BCUT2D eigenvalue weighted by Crippen LogP contribution is 2.35. The molecule has 0 radical (unpaired) electrons. The second-order valence-corrected chi connectivity index (χ2v) is 4.76. The lowest BCUT2D eigenvalue weighted by Gasteiger charge is -2.16. The van der Waals surface area contributed by atoms with Crippen LogP contribution >= 0.6 is 0 Å². The Kier molecular flexibility index (Phi) is 4.40. The molecule has 0 spiro atoms. The van der Waals surface area contributed by atoms with Crippen molar-refractivity contribution in [1.82, 2.24) is 0 Å². The molecule has 0 bridgehead atoms. The van der Waals surface area contributed by atoms with E-state index in [4.69, 9.17) is 9.84 Å². The third kappa shape index (κ3) is 3.78. The molecule has 2 rings (SSSR count). The molecule has 0 fully saturated rings. The molecule has 0 aromatic heterocycles. The van der Waals surface area contributed by atoms with Gasteiger partial charge in [0.05, 0.1) is 11.5 Å². The van der Waals surface area contributed by atoms with Crippen LogP contribution in [0.1, 0.15) is 28.8 Å². The van der Waals surface area contributed by atoms with E-state index in [9.17, 15) is 18.0 Å². The van der Waals surface area contributed by atoms with Crippen LogP contribution in [0, 0.1) is 0 Å². The third-order valence-electron chi connectivity index (χ3n) is 3.21. The molecule has 1 atom stereocenters. The van der Waals surface area contributed by atoms with Crippen LogP contribution < -0.4 is 4.74 Å². The summed E-state index contributed by atoms with van der Waals surface area (Å²) in [6.07, 6.45) is -4.28. The van der Waals surface area contributed by atoms with Crippen molar-refractivity contribution in [3.8, 4) is 11.5 Å². The van der Waals surface area contributed by atoms with Crippen LogP contribution in [0.5, 0.6) is 11.5 Å². The number of hydrogen-bond acceptors (Lipinski definition) is 2. The lowest BCUT2D eigenvalue weighted by Crippen LogP contribution is -2.17. The molecule has 0 heterocycles. The minimum atomic E-state index is -4.28. The molecule has 2 aromatic carbocycles. The Bertz CT molecular complexity index is 646. The molecule has 0 aliphatic heterocycles. The van der Waals surface area contributed by atoms with Crippen molar-refractivity contribution in [3.63, 3.8) is 0 Å². The van der Waals surface area contributed by atoms with Gasteiger partial charge in [0.25, 0.3) is 0 Å². The molecule has 22 heavy (non-hydrogen) atoms. The van der Waals surface area contributed by atoms with Crippen molar-refractivity contribution in [1.29, 1.82) is 0 Å². The fourth-order valence-electron chi connectivity index (χ4n) is 1.82. The van der Waals surface area contributed by atoms with E-state index in [0.717, 1.165) is 6.92 Å². The van der Waals surface area contributed by atoms with Gasteiger partial charge in [-0.3, -0.25) is 0 Å². The first-order valence-corrected chi connectivity index (χ1v) is 6.45. The first-order valence-electron chi connectivity index (χ1n) is 6.45. The van der Waals surface area contributed by atoms with Crippen LogP contribution in [-0.2, 0) is 0 Å². The summed E-state index contributed by atoms with van der Waals surface area (Å²) in [5, 5.41) is 8.78. The molecule has 0 aliphatic carbocycles. The van der Waals surface area contributed by atoms with Crippen LogP contribution in [0.3, 0.4) is 0 Å². The highest BCUT2D eigenvalue weighted by Gasteiger charge is 2.36. The summed E-state index contributed by atoms with van der Waals surface area (Å²) in [5.74, 6) is -1.81. The lowest BCUT2D eigenvalue weighted by molar-refractivity contribution is -0.146. The van der Waals surface area contributed by atoms with E-state index in [1.54, 1.807) is 0 Å². The molecule has 6 heteroatoms. The van der Waals surface area contributed by atoms with Crippen LogP contribution in [0.4, 0.5) is 13.2 Å². The van der Waals surface area contributed by atoms with Crippen molar-refractivity contribution in [2.24, 2.45) is 0 Å². The third-order valence-corrected chi connectivity index (χ3v) is 3.21. The first-order chi connectivity index (χ1) is 10.3. The Morgan fingerprint density at radius 1 is 1.00 bits per heavy atom. The maximum Gasteiger partial charge on any atom is 0.395 e. The average Bonchev–Trinajstić information content (AvgIpc) is 2.47. The maximum atomic E-state index is 12.6. The molecule has 116 valence electrons. The number of carboxylic acid groups (broad SMARTS) is 1.